The van der Waals surface area contributed by atoms with Crippen LogP contribution in [-0.2, 0) is 0 Å². The first-order chi connectivity index (χ1) is 7.99. The average molecular weight is 380 g/mol. The highest BCUT2D eigenvalue weighted by Gasteiger charge is 2.18. The van der Waals surface area contributed by atoms with Crippen molar-refractivity contribution < 1.29 is 9.50 Å². The van der Waals surface area contributed by atoms with Crippen LogP contribution in [-0.4, -0.2) is 5.11 Å². The zero-order chi connectivity index (χ0) is 12.6. The highest BCUT2D eigenvalue weighted by Crippen LogP contribution is 2.36. The van der Waals surface area contributed by atoms with E-state index in [1.807, 2.05) is 13.0 Å². The minimum atomic E-state index is -0.817. The van der Waals surface area contributed by atoms with Gasteiger partial charge in [-0.3, -0.25) is 0 Å². The van der Waals surface area contributed by atoms with Crippen molar-refractivity contribution >= 4 is 43.2 Å². The molecule has 90 valence electrons. The molecule has 1 N–H and O–H groups in total. The van der Waals surface area contributed by atoms with Crippen LogP contribution in [0.25, 0.3) is 0 Å². The Labute approximate surface area is 120 Å². The fourth-order valence-corrected chi connectivity index (χ4v) is 3.83. The van der Waals surface area contributed by atoms with Gasteiger partial charge in [-0.25, -0.2) is 4.39 Å². The molecule has 0 aliphatic carbocycles. The first kappa shape index (κ1) is 13.2. The molecule has 0 aliphatic heterocycles. The minimum Gasteiger partial charge on any atom is -0.384 e. The van der Waals surface area contributed by atoms with Gasteiger partial charge in [0.1, 0.15) is 11.9 Å². The summed E-state index contributed by atoms with van der Waals surface area (Å²) in [6.45, 7) is 1.93. The number of aliphatic hydroxyl groups excluding tert-OH is 1. The van der Waals surface area contributed by atoms with Crippen LogP contribution in [0.4, 0.5) is 4.39 Å². The maximum absolute atomic E-state index is 13.2. The molecule has 1 unspecified atom stereocenters. The highest BCUT2D eigenvalue weighted by molar-refractivity contribution is 9.11. The molecule has 0 fully saturated rings. The Bertz CT molecular complexity index is 553. The van der Waals surface area contributed by atoms with E-state index in [9.17, 15) is 9.50 Å². The van der Waals surface area contributed by atoms with E-state index in [1.165, 1.54) is 12.1 Å². The number of aliphatic hydroxyl groups is 1. The fourth-order valence-electron chi connectivity index (χ4n) is 1.62. The first-order valence-electron chi connectivity index (χ1n) is 4.88. The molecule has 1 heterocycles. The van der Waals surface area contributed by atoms with Crippen molar-refractivity contribution in [1.82, 2.24) is 0 Å². The molecule has 0 spiro atoms. The van der Waals surface area contributed by atoms with Crippen LogP contribution in [0.3, 0.4) is 0 Å². The smallest absolute Gasteiger partial charge is 0.123 e. The van der Waals surface area contributed by atoms with Gasteiger partial charge >= 0.3 is 0 Å². The van der Waals surface area contributed by atoms with E-state index in [1.54, 1.807) is 17.4 Å². The number of hydrogen-bond donors (Lipinski definition) is 1. The predicted octanol–water partition coefficient (Wildman–Crippen LogP) is 4.80. The summed E-state index contributed by atoms with van der Waals surface area (Å²) in [7, 11) is 0. The SMILES string of the molecule is Cc1sc(Br)cc1C(O)c1cc(F)ccc1Br. The zero-order valence-electron chi connectivity index (χ0n) is 8.88. The summed E-state index contributed by atoms with van der Waals surface area (Å²) >= 11 is 8.25. The van der Waals surface area contributed by atoms with Crippen molar-refractivity contribution in [1.29, 1.82) is 0 Å². The number of rotatable bonds is 2. The summed E-state index contributed by atoms with van der Waals surface area (Å²) < 4.78 is 14.8. The maximum atomic E-state index is 13.2. The van der Waals surface area contributed by atoms with Crippen LogP contribution >= 0.6 is 43.2 Å². The van der Waals surface area contributed by atoms with E-state index in [2.05, 4.69) is 31.9 Å². The predicted molar refractivity (Wildman–Crippen MR) is 74.9 cm³/mol. The normalized spacial score (nSPS) is 12.8. The van der Waals surface area contributed by atoms with Gasteiger partial charge in [-0.2, -0.15) is 0 Å². The third-order valence-corrected chi connectivity index (χ3v) is 4.76. The Kier molecular flexibility index (Phi) is 4.02. The van der Waals surface area contributed by atoms with E-state index < -0.39 is 6.10 Å². The van der Waals surface area contributed by atoms with Gasteiger partial charge in [-0.15, -0.1) is 11.3 Å². The summed E-state index contributed by atoms with van der Waals surface area (Å²) in [5.41, 5.74) is 1.34. The Morgan fingerprint density at radius 3 is 2.53 bits per heavy atom. The van der Waals surface area contributed by atoms with Gasteiger partial charge in [-0.05, 0) is 52.7 Å². The molecular weight excluding hydrogens is 371 g/mol. The van der Waals surface area contributed by atoms with Gasteiger partial charge in [-0.1, -0.05) is 15.9 Å². The Morgan fingerprint density at radius 2 is 1.94 bits per heavy atom. The number of benzene rings is 1. The third-order valence-electron chi connectivity index (χ3n) is 2.47. The molecule has 17 heavy (non-hydrogen) atoms. The number of hydrogen-bond acceptors (Lipinski definition) is 2. The van der Waals surface area contributed by atoms with Gasteiger partial charge in [0.25, 0.3) is 0 Å². The summed E-state index contributed by atoms with van der Waals surface area (Å²) in [5.74, 6) is -0.353. The fraction of sp³-hybridized carbons (Fsp3) is 0.167. The van der Waals surface area contributed by atoms with Crippen LogP contribution in [0.15, 0.2) is 32.5 Å². The van der Waals surface area contributed by atoms with Crippen molar-refractivity contribution in [3.63, 3.8) is 0 Å². The van der Waals surface area contributed by atoms with E-state index in [4.69, 9.17) is 0 Å². The topological polar surface area (TPSA) is 20.2 Å². The van der Waals surface area contributed by atoms with Crippen molar-refractivity contribution in [2.75, 3.05) is 0 Å². The quantitative estimate of drug-likeness (QED) is 0.794. The summed E-state index contributed by atoms with van der Waals surface area (Å²) in [6, 6.07) is 6.17. The summed E-state index contributed by atoms with van der Waals surface area (Å²) in [5, 5.41) is 10.3. The third kappa shape index (κ3) is 2.78. The molecule has 1 nitrogen and oxygen atoms in total. The lowest BCUT2D eigenvalue weighted by Crippen LogP contribution is -2.01. The molecule has 0 amide bonds. The van der Waals surface area contributed by atoms with Crippen LogP contribution in [0.1, 0.15) is 22.1 Å². The van der Waals surface area contributed by atoms with Gasteiger partial charge in [0, 0.05) is 14.9 Å². The van der Waals surface area contributed by atoms with Crippen molar-refractivity contribution in [3.8, 4) is 0 Å². The Morgan fingerprint density at radius 1 is 1.24 bits per heavy atom. The number of aryl methyl sites for hydroxylation is 1. The number of thiophene rings is 1. The minimum absolute atomic E-state index is 0.353. The lowest BCUT2D eigenvalue weighted by Gasteiger charge is -2.12. The standard InChI is InChI=1S/C12H9Br2FOS/c1-6-8(5-11(14)17-6)12(16)9-4-7(15)2-3-10(9)13/h2-5,12,16H,1H3. The average Bonchev–Trinajstić information content (AvgIpc) is 2.60. The van der Waals surface area contributed by atoms with Crippen molar-refractivity contribution in [3.05, 3.63) is 54.3 Å². The molecule has 0 saturated heterocycles. The second kappa shape index (κ2) is 5.18. The van der Waals surface area contributed by atoms with Crippen LogP contribution in [0, 0.1) is 12.7 Å². The van der Waals surface area contributed by atoms with E-state index in [0.29, 0.717) is 10.0 Å². The van der Waals surface area contributed by atoms with Crippen molar-refractivity contribution in [2.45, 2.75) is 13.0 Å². The monoisotopic (exact) mass is 378 g/mol. The lowest BCUT2D eigenvalue weighted by atomic mass is 10.0. The molecular formula is C12H9Br2FOS. The zero-order valence-corrected chi connectivity index (χ0v) is 12.9. The Hall–Kier alpha value is -0.230. The summed E-state index contributed by atoms with van der Waals surface area (Å²) in [6.07, 6.45) is -0.817. The van der Waals surface area contributed by atoms with Crippen LogP contribution < -0.4 is 0 Å². The van der Waals surface area contributed by atoms with E-state index >= 15 is 0 Å². The summed E-state index contributed by atoms with van der Waals surface area (Å²) in [4.78, 5) is 1.01. The molecule has 0 radical (unpaired) electrons. The maximum Gasteiger partial charge on any atom is 0.123 e. The largest absolute Gasteiger partial charge is 0.384 e. The number of halogens is 3. The Balaban J connectivity index is 2.46. The van der Waals surface area contributed by atoms with Crippen LogP contribution in [0.2, 0.25) is 0 Å². The first-order valence-corrected chi connectivity index (χ1v) is 7.28. The highest BCUT2D eigenvalue weighted by atomic mass is 79.9. The second-order valence-corrected chi connectivity index (χ2v) is 7.12. The van der Waals surface area contributed by atoms with Crippen molar-refractivity contribution in [2.24, 2.45) is 0 Å². The molecule has 0 bridgehead atoms. The lowest BCUT2D eigenvalue weighted by molar-refractivity contribution is 0.219. The van der Waals surface area contributed by atoms with Gasteiger partial charge in [0.2, 0.25) is 0 Å². The van der Waals surface area contributed by atoms with Gasteiger partial charge in [0.05, 0.1) is 3.79 Å². The second-order valence-electron chi connectivity index (χ2n) is 3.63. The molecule has 2 rings (SSSR count). The molecule has 0 saturated carbocycles. The molecule has 1 aromatic heterocycles. The van der Waals surface area contributed by atoms with E-state index in [-0.39, 0.29) is 5.82 Å². The molecule has 1 aromatic carbocycles. The molecule has 2 aromatic rings. The molecule has 0 aliphatic rings. The van der Waals surface area contributed by atoms with Gasteiger partial charge < -0.3 is 5.11 Å². The van der Waals surface area contributed by atoms with Gasteiger partial charge in [0.15, 0.2) is 0 Å². The molecule has 1 atom stereocenters. The van der Waals surface area contributed by atoms with E-state index in [0.717, 1.165) is 14.2 Å². The van der Waals surface area contributed by atoms with Crippen LogP contribution in [0.5, 0.6) is 0 Å². The molecule has 5 heteroatoms.